The van der Waals surface area contributed by atoms with E-state index < -0.39 is 5.97 Å². The van der Waals surface area contributed by atoms with Crippen molar-refractivity contribution in [1.82, 2.24) is 0 Å². The Balaban J connectivity index is 3.46. The molecule has 0 fully saturated rings. The highest BCUT2D eigenvalue weighted by atomic mass is 16.4. The monoisotopic (exact) mass is 308 g/mol. The molecule has 0 spiro atoms. The number of hydrogen-bond donors (Lipinski definition) is 1. The number of rotatable bonds is 14. The van der Waals surface area contributed by atoms with Gasteiger partial charge >= 0.3 is 5.97 Å². The van der Waals surface area contributed by atoms with E-state index in [-0.39, 0.29) is 0 Å². The molecular weight excluding hydrogens is 272 g/mol. The van der Waals surface area contributed by atoms with Crippen LogP contribution in [-0.4, -0.2) is 11.1 Å². The molecule has 1 N–H and O–H groups in total. The third-order valence-electron chi connectivity index (χ3n) is 4.14. The van der Waals surface area contributed by atoms with Crippen molar-refractivity contribution in [3.05, 3.63) is 23.8 Å². The van der Waals surface area contributed by atoms with Crippen LogP contribution in [0.1, 0.15) is 91.4 Å². The summed E-state index contributed by atoms with van der Waals surface area (Å²) in [5, 5.41) is 8.75. The molecule has 0 radical (unpaired) electrons. The molecule has 0 aromatic heterocycles. The predicted octanol–water partition coefficient (Wildman–Crippen LogP) is 6.52. The summed E-state index contributed by atoms with van der Waals surface area (Å²) in [5.74, 6) is -0.307. The first-order chi connectivity index (χ1) is 10.6. The summed E-state index contributed by atoms with van der Waals surface area (Å²) >= 11 is 0. The highest BCUT2D eigenvalue weighted by Gasteiger charge is 1.99. The summed E-state index contributed by atoms with van der Waals surface area (Å²) in [5.41, 5.74) is 0.391. The minimum Gasteiger partial charge on any atom is -0.478 e. The third kappa shape index (κ3) is 13.9. The van der Waals surface area contributed by atoms with E-state index in [2.05, 4.69) is 19.9 Å². The normalized spacial score (nSPS) is 13.7. The van der Waals surface area contributed by atoms with Crippen LogP contribution in [0.3, 0.4) is 0 Å². The number of allylic oxidation sites excluding steroid dienone is 3. The van der Waals surface area contributed by atoms with Crippen LogP contribution in [0.5, 0.6) is 0 Å². The van der Waals surface area contributed by atoms with E-state index in [9.17, 15) is 4.79 Å². The molecule has 0 amide bonds. The summed E-state index contributed by atoms with van der Waals surface area (Å²) in [7, 11) is 0. The fourth-order valence-corrected chi connectivity index (χ4v) is 2.51. The third-order valence-corrected chi connectivity index (χ3v) is 4.14. The van der Waals surface area contributed by atoms with Crippen molar-refractivity contribution in [3.63, 3.8) is 0 Å². The molecule has 0 rings (SSSR count). The predicted molar refractivity (Wildman–Crippen MR) is 96.2 cm³/mol. The zero-order valence-corrected chi connectivity index (χ0v) is 14.9. The van der Waals surface area contributed by atoms with E-state index >= 15 is 0 Å². The van der Waals surface area contributed by atoms with Crippen molar-refractivity contribution >= 4 is 5.97 Å². The van der Waals surface area contributed by atoms with Crippen LogP contribution in [0.4, 0.5) is 0 Å². The van der Waals surface area contributed by atoms with Gasteiger partial charge in [0.1, 0.15) is 0 Å². The maximum absolute atomic E-state index is 10.6. The molecule has 1 unspecified atom stereocenters. The van der Waals surface area contributed by atoms with E-state index in [1.165, 1.54) is 70.6 Å². The number of carbonyl (C=O) groups is 1. The molecule has 128 valence electrons. The average molecular weight is 309 g/mol. The number of aliphatic carboxylic acids is 1. The summed E-state index contributed by atoms with van der Waals surface area (Å²) in [4.78, 5) is 10.6. The Morgan fingerprint density at radius 1 is 0.955 bits per heavy atom. The van der Waals surface area contributed by atoms with E-state index in [0.717, 1.165) is 0 Å². The van der Waals surface area contributed by atoms with Crippen molar-refractivity contribution in [2.45, 2.75) is 91.4 Å². The van der Waals surface area contributed by atoms with Gasteiger partial charge < -0.3 is 5.11 Å². The molecule has 2 nitrogen and oxygen atoms in total. The molecule has 22 heavy (non-hydrogen) atoms. The highest BCUT2D eigenvalue weighted by molar-refractivity contribution is 5.86. The van der Waals surface area contributed by atoms with Crippen LogP contribution >= 0.6 is 0 Å². The minimum atomic E-state index is -0.841. The molecule has 0 aromatic rings. The molecule has 0 aliphatic heterocycles. The van der Waals surface area contributed by atoms with Crippen LogP contribution in [-0.2, 0) is 4.79 Å². The first-order valence-electron chi connectivity index (χ1n) is 9.16. The van der Waals surface area contributed by atoms with E-state index in [4.69, 9.17) is 5.11 Å². The number of hydrogen-bond acceptors (Lipinski definition) is 1. The Bertz CT molecular complexity index is 329. The van der Waals surface area contributed by atoms with Crippen LogP contribution in [0.15, 0.2) is 23.8 Å². The molecule has 2 heteroatoms. The van der Waals surface area contributed by atoms with Crippen LogP contribution in [0, 0.1) is 5.92 Å². The van der Waals surface area contributed by atoms with Gasteiger partial charge in [0.05, 0.1) is 0 Å². The second-order valence-electron chi connectivity index (χ2n) is 6.49. The van der Waals surface area contributed by atoms with Crippen LogP contribution in [0.2, 0.25) is 0 Å². The maximum Gasteiger partial charge on any atom is 0.331 e. The van der Waals surface area contributed by atoms with Crippen molar-refractivity contribution in [2.75, 3.05) is 0 Å². The Kier molecular flexibility index (Phi) is 14.2. The molecule has 0 saturated heterocycles. The average Bonchev–Trinajstić information content (AvgIpc) is 2.49. The van der Waals surface area contributed by atoms with Gasteiger partial charge in [-0.3, -0.25) is 0 Å². The number of carboxylic acid groups (broad SMARTS) is 1. The summed E-state index contributed by atoms with van der Waals surface area (Å²) < 4.78 is 0. The molecule has 0 aliphatic rings. The van der Waals surface area contributed by atoms with Gasteiger partial charge in [0, 0.05) is 5.57 Å². The number of carboxylic acids is 1. The fourth-order valence-electron chi connectivity index (χ4n) is 2.51. The van der Waals surface area contributed by atoms with Gasteiger partial charge in [-0.25, -0.2) is 4.79 Å². The van der Waals surface area contributed by atoms with E-state index in [0.29, 0.717) is 11.5 Å². The largest absolute Gasteiger partial charge is 0.478 e. The Labute approximate surface area is 137 Å². The van der Waals surface area contributed by atoms with Gasteiger partial charge in [-0.05, 0) is 19.3 Å². The molecule has 1 atom stereocenters. The zero-order valence-electron chi connectivity index (χ0n) is 14.9. The molecular formula is C20H36O2. The van der Waals surface area contributed by atoms with Crippen LogP contribution < -0.4 is 0 Å². The quantitative estimate of drug-likeness (QED) is 0.225. The molecule has 0 aliphatic carbocycles. The smallest absolute Gasteiger partial charge is 0.331 e. The van der Waals surface area contributed by atoms with Gasteiger partial charge in [-0.15, -0.1) is 0 Å². The van der Waals surface area contributed by atoms with Gasteiger partial charge in [0.2, 0.25) is 0 Å². The van der Waals surface area contributed by atoms with Crippen LogP contribution in [0.25, 0.3) is 0 Å². The fraction of sp³-hybridized carbons (Fsp3) is 0.750. The molecule has 0 heterocycles. The lowest BCUT2D eigenvalue weighted by Gasteiger charge is -2.06. The first kappa shape index (κ1) is 20.9. The lowest BCUT2D eigenvalue weighted by atomic mass is 10.0. The van der Waals surface area contributed by atoms with Crippen molar-refractivity contribution in [2.24, 2.45) is 5.92 Å². The first-order valence-corrected chi connectivity index (χ1v) is 9.16. The minimum absolute atomic E-state index is 0.391. The summed E-state index contributed by atoms with van der Waals surface area (Å²) in [6, 6.07) is 0. The molecule has 0 saturated carbocycles. The van der Waals surface area contributed by atoms with Crippen molar-refractivity contribution in [1.29, 1.82) is 0 Å². The summed E-state index contributed by atoms with van der Waals surface area (Å²) in [6.45, 7) is 6.09. The van der Waals surface area contributed by atoms with Crippen molar-refractivity contribution < 1.29 is 9.90 Å². The highest BCUT2D eigenvalue weighted by Crippen LogP contribution is 2.14. The zero-order chi connectivity index (χ0) is 16.6. The van der Waals surface area contributed by atoms with Crippen molar-refractivity contribution in [3.8, 4) is 0 Å². The Morgan fingerprint density at radius 3 is 1.95 bits per heavy atom. The second kappa shape index (κ2) is 14.9. The lowest BCUT2D eigenvalue weighted by Crippen LogP contribution is -1.95. The van der Waals surface area contributed by atoms with Gasteiger partial charge in [0.15, 0.2) is 0 Å². The maximum atomic E-state index is 10.6. The van der Waals surface area contributed by atoms with Gasteiger partial charge in [-0.2, -0.15) is 0 Å². The standard InChI is InChI=1S/C20H36O2/c1-4-5-6-7-8-9-10-11-12-13-15-18(2)16-14-17-19(3)20(21)22/h14,16-18H,4-13,15H2,1-3H3,(H,21,22). The topological polar surface area (TPSA) is 37.3 Å². The molecule has 0 bridgehead atoms. The van der Waals surface area contributed by atoms with Gasteiger partial charge in [-0.1, -0.05) is 96.3 Å². The van der Waals surface area contributed by atoms with E-state index in [1.807, 2.05) is 6.08 Å². The second-order valence-corrected chi connectivity index (χ2v) is 6.49. The Morgan fingerprint density at radius 2 is 1.45 bits per heavy atom. The molecule has 0 aromatic carbocycles. The van der Waals surface area contributed by atoms with Gasteiger partial charge in [0.25, 0.3) is 0 Å². The Hall–Kier alpha value is -1.05. The number of unbranched alkanes of at least 4 members (excludes halogenated alkanes) is 9. The SMILES string of the molecule is CCCCCCCCCCCCC(C)C=CC=C(C)C(=O)O. The summed E-state index contributed by atoms with van der Waals surface area (Å²) in [6.07, 6.45) is 20.6. The van der Waals surface area contributed by atoms with E-state index in [1.54, 1.807) is 13.0 Å². The lowest BCUT2D eigenvalue weighted by molar-refractivity contribution is -0.132.